The molecule has 0 saturated carbocycles. The van der Waals surface area contributed by atoms with Crippen LogP contribution in [0.2, 0.25) is 0 Å². The zero-order chi connectivity index (χ0) is 13.8. The first kappa shape index (κ1) is 13.4. The van der Waals surface area contributed by atoms with Gasteiger partial charge in [0.15, 0.2) is 0 Å². The maximum Gasteiger partial charge on any atom is 0.349 e. The summed E-state index contributed by atoms with van der Waals surface area (Å²) in [7, 11) is 0. The predicted molar refractivity (Wildman–Crippen MR) is 75.7 cm³/mol. The highest BCUT2D eigenvalue weighted by Gasteiger charge is 2.19. The number of aromatic nitrogens is 2. The van der Waals surface area contributed by atoms with E-state index in [-0.39, 0.29) is 17.5 Å². The van der Waals surface area contributed by atoms with Crippen molar-refractivity contribution in [1.29, 1.82) is 0 Å². The molecule has 0 saturated heterocycles. The Hall–Kier alpha value is -2.01. The SMILES string of the molecule is NNc1ncc([N+](=O)[O-])c(Oc2ccc(I)cc2)n1. The smallest absolute Gasteiger partial charge is 0.349 e. The van der Waals surface area contributed by atoms with Crippen LogP contribution in [0.4, 0.5) is 11.6 Å². The van der Waals surface area contributed by atoms with Crippen LogP contribution in [0.15, 0.2) is 30.5 Å². The van der Waals surface area contributed by atoms with Crippen molar-refractivity contribution in [2.24, 2.45) is 5.84 Å². The van der Waals surface area contributed by atoms with Gasteiger partial charge in [0.1, 0.15) is 11.9 Å². The van der Waals surface area contributed by atoms with Gasteiger partial charge in [-0.3, -0.25) is 15.5 Å². The maximum absolute atomic E-state index is 10.9. The Kier molecular flexibility index (Phi) is 4.06. The normalized spacial score (nSPS) is 10.0. The second-order valence-electron chi connectivity index (χ2n) is 3.34. The molecule has 1 aromatic carbocycles. The standard InChI is InChI=1S/C10H8IN5O3/c11-6-1-3-7(4-2-6)19-9-8(16(17)18)5-13-10(14-9)15-12/h1-5H,12H2,(H,13,14,15). The van der Waals surface area contributed by atoms with E-state index in [9.17, 15) is 10.1 Å². The summed E-state index contributed by atoms with van der Waals surface area (Å²) in [5.74, 6) is 5.45. The molecule has 1 aromatic heterocycles. The van der Waals surface area contributed by atoms with Gasteiger partial charge in [-0.2, -0.15) is 4.98 Å². The fraction of sp³-hybridized carbons (Fsp3) is 0. The topological polar surface area (TPSA) is 116 Å². The summed E-state index contributed by atoms with van der Waals surface area (Å²) < 4.78 is 6.40. The number of rotatable bonds is 4. The molecule has 0 aliphatic rings. The van der Waals surface area contributed by atoms with E-state index in [1.807, 2.05) is 12.1 Å². The number of nitrogens with zero attached hydrogens (tertiary/aromatic N) is 3. The third-order valence-corrected chi connectivity index (χ3v) is 2.81. The Labute approximate surface area is 121 Å². The van der Waals surface area contributed by atoms with E-state index >= 15 is 0 Å². The van der Waals surface area contributed by atoms with Crippen molar-refractivity contribution in [3.8, 4) is 11.6 Å². The molecule has 0 spiro atoms. The highest BCUT2D eigenvalue weighted by atomic mass is 127. The molecule has 0 unspecified atom stereocenters. The fourth-order valence-electron chi connectivity index (χ4n) is 1.24. The molecule has 98 valence electrons. The second kappa shape index (κ2) is 5.75. The first-order valence-corrected chi connectivity index (χ1v) is 6.09. The van der Waals surface area contributed by atoms with Gasteiger partial charge in [-0.25, -0.2) is 10.8 Å². The van der Waals surface area contributed by atoms with Crippen molar-refractivity contribution in [1.82, 2.24) is 9.97 Å². The van der Waals surface area contributed by atoms with Crippen LogP contribution >= 0.6 is 22.6 Å². The molecule has 2 rings (SSSR count). The van der Waals surface area contributed by atoms with Crippen molar-refractivity contribution in [3.05, 3.63) is 44.1 Å². The molecule has 2 aromatic rings. The third-order valence-electron chi connectivity index (χ3n) is 2.09. The molecular weight excluding hydrogens is 365 g/mol. The number of nitrogens with one attached hydrogen (secondary N) is 1. The monoisotopic (exact) mass is 373 g/mol. The minimum absolute atomic E-state index is 0.0334. The van der Waals surface area contributed by atoms with Crippen LogP contribution in [0, 0.1) is 13.7 Å². The largest absolute Gasteiger partial charge is 0.434 e. The van der Waals surface area contributed by atoms with E-state index in [2.05, 4.69) is 38.0 Å². The van der Waals surface area contributed by atoms with E-state index in [1.165, 1.54) is 0 Å². The van der Waals surface area contributed by atoms with Gasteiger partial charge in [0, 0.05) is 3.57 Å². The van der Waals surface area contributed by atoms with Crippen LogP contribution in [-0.4, -0.2) is 14.9 Å². The van der Waals surface area contributed by atoms with E-state index in [4.69, 9.17) is 10.6 Å². The van der Waals surface area contributed by atoms with Gasteiger partial charge >= 0.3 is 11.6 Å². The van der Waals surface area contributed by atoms with Crippen LogP contribution in [-0.2, 0) is 0 Å². The lowest BCUT2D eigenvalue weighted by atomic mass is 10.3. The lowest BCUT2D eigenvalue weighted by molar-refractivity contribution is -0.386. The molecule has 0 aliphatic heterocycles. The Bertz CT molecular complexity index is 605. The highest BCUT2D eigenvalue weighted by molar-refractivity contribution is 14.1. The van der Waals surface area contributed by atoms with Gasteiger partial charge in [-0.15, -0.1) is 0 Å². The highest BCUT2D eigenvalue weighted by Crippen LogP contribution is 2.29. The van der Waals surface area contributed by atoms with Crippen molar-refractivity contribution < 1.29 is 9.66 Å². The summed E-state index contributed by atoms with van der Waals surface area (Å²) in [6.45, 7) is 0. The molecule has 1 heterocycles. The quantitative estimate of drug-likeness (QED) is 0.365. The minimum atomic E-state index is -0.623. The molecule has 9 heteroatoms. The fourth-order valence-corrected chi connectivity index (χ4v) is 1.60. The Morgan fingerprint density at radius 1 is 1.37 bits per heavy atom. The number of nitro groups is 1. The number of benzene rings is 1. The molecule has 0 fully saturated rings. The van der Waals surface area contributed by atoms with Gasteiger partial charge in [0.05, 0.1) is 4.92 Å². The summed E-state index contributed by atoms with van der Waals surface area (Å²) in [5, 5.41) is 10.9. The number of nitrogens with two attached hydrogens (primary N) is 1. The number of hydrogen-bond acceptors (Lipinski definition) is 7. The number of hydrogen-bond donors (Lipinski definition) is 2. The molecule has 0 amide bonds. The minimum Gasteiger partial charge on any atom is -0.434 e. The molecule has 0 radical (unpaired) electrons. The zero-order valence-corrected chi connectivity index (χ0v) is 11.6. The van der Waals surface area contributed by atoms with Crippen LogP contribution in [0.5, 0.6) is 11.6 Å². The summed E-state index contributed by atoms with van der Waals surface area (Å²) in [6.07, 6.45) is 1.03. The molecule has 19 heavy (non-hydrogen) atoms. The average molecular weight is 373 g/mol. The van der Waals surface area contributed by atoms with Gasteiger partial charge < -0.3 is 4.74 Å². The Morgan fingerprint density at radius 3 is 2.63 bits per heavy atom. The van der Waals surface area contributed by atoms with Crippen molar-refractivity contribution in [2.75, 3.05) is 5.43 Å². The van der Waals surface area contributed by atoms with Crippen molar-refractivity contribution >= 4 is 34.2 Å². The third kappa shape index (κ3) is 3.26. The maximum atomic E-state index is 10.9. The second-order valence-corrected chi connectivity index (χ2v) is 4.59. The molecule has 0 aliphatic carbocycles. The molecular formula is C10H8IN5O3. The molecule has 0 bridgehead atoms. The first-order chi connectivity index (χ1) is 9.10. The number of nitrogen functional groups attached to an aromatic ring is 1. The summed E-state index contributed by atoms with van der Waals surface area (Å²) in [6, 6.07) is 6.99. The summed E-state index contributed by atoms with van der Waals surface area (Å²) in [5.41, 5.74) is 1.87. The molecule has 0 atom stereocenters. The van der Waals surface area contributed by atoms with E-state index in [0.717, 1.165) is 9.77 Å². The van der Waals surface area contributed by atoms with Crippen molar-refractivity contribution in [2.45, 2.75) is 0 Å². The number of halogens is 1. The zero-order valence-electron chi connectivity index (χ0n) is 9.41. The lowest BCUT2D eigenvalue weighted by Crippen LogP contribution is -2.11. The first-order valence-electron chi connectivity index (χ1n) is 5.01. The van der Waals surface area contributed by atoms with Gasteiger partial charge in [-0.1, -0.05) is 0 Å². The van der Waals surface area contributed by atoms with Crippen LogP contribution in [0.3, 0.4) is 0 Å². The van der Waals surface area contributed by atoms with Gasteiger partial charge in [0.2, 0.25) is 5.95 Å². The van der Waals surface area contributed by atoms with Crippen LogP contribution < -0.4 is 16.0 Å². The van der Waals surface area contributed by atoms with Crippen molar-refractivity contribution in [3.63, 3.8) is 0 Å². The number of ether oxygens (including phenoxy) is 1. The summed E-state index contributed by atoms with van der Waals surface area (Å²) in [4.78, 5) is 17.7. The molecule has 8 nitrogen and oxygen atoms in total. The van der Waals surface area contributed by atoms with E-state index in [1.54, 1.807) is 12.1 Å². The lowest BCUT2D eigenvalue weighted by Gasteiger charge is -2.06. The van der Waals surface area contributed by atoms with Gasteiger partial charge in [0.25, 0.3) is 0 Å². The number of anilines is 1. The number of hydrazine groups is 1. The Morgan fingerprint density at radius 2 is 2.05 bits per heavy atom. The Balaban J connectivity index is 2.36. The van der Waals surface area contributed by atoms with Crippen LogP contribution in [0.1, 0.15) is 0 Å². The predicted octanol–water partition coefficient (Wildman–Crippen LogP) is 2.07. The van der Waals surface area contributed by atoms with Gasteiger partial charge in [-0.05, 0) is 46.9 Å². The molecule has 3 N–H and O–H groups in total. The average Bonchev–Trinajstić information content (AvgIpc) is 2.41. The van der Waals surface area contributed by atoms with Crippen LogP contribution in [0.25, 0.3) is 0 Å². The summed E-state index contributed by atoms with van der Waals surface area (Å²) >= 11 is 2.14. The van der Waals surface area contributed by atoms with E-state index < -0.39 is 4.92 Å². The van der Waals surface area contributed by atoms with E-state index in [0.29, 0.717) is 5.75 Å².